The summed E-state index contributed by atoms with van der Waals surface area (Å²) in [5.74, 6) is 1.63. The van der Waals surface area contributed by atoms with Crippen molar-refractivity contribution in [2.24, 2.45) is 5.41 Å². The zero-order chi connectivity index (χ0) is 22.2. The molecular weight excluding hydrogens is 370 g/mol. The number of hydrogen-bond acceptors (Lipinski definition) is 2. The molecule has 0 aliphatic carbocycles. The van der Waals surface area contributed by atoms with Gasteiger partial charge in [-0.25, -0.2) is 0 Å². The molecule has 30 heavy (non-hydrogen) atoms. The van der Waals surface area contributed by atoms with Gasteiger partial charge >= 0.3 is 0 Å². The molecule has 1 amide bonds. The molecule has 1 aliphatic rings. The minimum atomic E-state index is -0.0404. The van der Waals surface area contributed by atoms with Gasteiger partial charge in [0.2, 0.25) is 5.91 Å². The number of carbonyl (C=O) groups is 1. The molecule has 0 saturated heterocycles. The third-order valence-corrected chi connectivity index (χ3v) is 6.00. The molecule has 3 heteroatoms. The van der Waals surface area contributed by atoms with Gasteiger partial charge in [0.25, 0.3) is 0 Å². The molecule has 0 saturated carbocycles. The second-order valence-electron chi connectivity index (χ2n) is 10.4. The summed E-state index contributed by atoms with van der Waals surface area (Å²) in [5.41, 5.74) is 8.25. The lowest BCUT2D eigenvalue weighted by atomic mass is 9.89. The first-order chi connectivity index (χ1) is 14.0. The highest BCUT2D eigenvalue weighted by atomic mass is 16.5. The lowest BCUT2D eigenvalue weighted by Crippen LogP contribution is -2.21. The van der Waals surface area contributed by atoms with Crippen LogP contribution in [0.3, 0.4) is 0 Å². The summed E-state index contributed by atoms with van der Waals surface area (Å²) in [6.07, 6.45) is 2.37. The molecule has 0 radical (unpaired) electrons. The Hall–Kier alpha value is -2.29. The molecule has 3 nitrogen and oxygen atoms in total. The van der Waals surface area contributed by atoms with Crippen LogP contribution in [-0.4, -0.2) is 12.0 Å². The third kappa shape index (κ3) is 4.88. The van der Waals surface area contributed by atoms with Crippen LogP contribution in [0.5, 0.6) is 5.75 Å². The van der Waals surface area contributed by atoms with Crippen LogP contribution in [0.25, 0.3) is 0 Å². The number of amides is 1. The standard InChI is InChI=1S/C27H37NO2/c1-16(2)21-11-9-20(10-12-21)14-23-19(5)25(28-24(29)15-27(6,7)8)18(4)22-13-17(3)30-26(22)23/h9-12,16-17H,13-15H2,1-8H3,(H,28,29). The highest BCUT2D eigenvalue weighted by molar-refractivity contribution is 5.93. The summed E-state index contributed by atoms with van der Waals surface area (Å²) >= 11 is 0. The molecule has 2 aromatic carbocycles. The highest BCUT2D eigenvalue weighted by Gasteiger charge is 2.29. The number of benzene rings is 2. The Balaban J connectivity index is 2.00. The van der Waals surface area contributed by atoms with E-state index in [0.29, 0.717) is 12.3 Å². The van der Waals surface area contributed by atoms with Crippen molar-refractivity contribution in [2.45, 2.75) is 86.7 Å². The Kier molecular flexibility index (Phi) is 6.31. The van der Waals surface area contributed by atoms with Crippen molar-refractivity contribution in [3.05, 3.63) is 57.6 Å². The van der Waals surface area contributed by atoms with E-state index in [0.717, 1.165) is 35.4 Å². The minimum absolute atomic E-state index is 0.0404. The normalized spacial score (nSPS) is 15.8. The lowest BCUT2D eigenvalue weighted by molar-refractivity contribution is -0.117. The first-order valence-corrected chi connectivity index (χ1v) is 11.2. The van der Waals surface area contributed by atoms with Gasteiger partial charge < -0.3 is 10.1 Å². The van der Waals surface area contributed by atoms with Crippen LogP contribution in [-0.2, 0) is 17.6 Å². The van der Waals surface area contributed by atoms with Gasteiger partial charge in [0.1, 0.15) is 11.9 Å². The van der Waals surface area contributed by atoms with Gasteiger partial charge in [-0.3, -0.25) is 4.79 Å². The molecule has 0 spiro atoms. The summed E-state index contributed by atoms with van der Waals surface area (Å²) in [4.78, 5) is 12.7. The molecular formula is C27H37NO2. The van der Waals surface area contributed by atoms with Gasteiger partial charge in [-0.1, -0.05) is 58.9 Å². The van der Waals surface area contributed by atoms with E-state index < -0.39 is 0 Å². The third-order valence-electron chi connectivity index (χ3n) is 6.00. The highest BCUT2D eigenvalue weighted by Crippen LogP contribution is 2.43. The van der Waals surface area contributed by atoms with Crippen molar-refractivity contribution < 1.29 is 9.53 Å². The molecule has 0 bridgehead atoms. The number of anilines is 1. The smallest absolute Gasteiger partial charge is 0.224 e. The van der Waals surface area contributed by atoms with E-state index >= 15 is 0 Å². The fraction of sp³-hybridized carbons (Fsp3) is 0.519. The molecule has 1 atom stereocenters. The average molecular weight is 408 g/mol. The van der Waals surface area contributed by atoms with Gasteiger partial charge in [0.05, 0.1) is 0 Å². The summed E-state index contributed by atoms with van der Waals surface area (Å²) in [6.45, 7) is 17.1. The molecule has 2 aromatic rings. The first kappa shape index (κ1) is 22.4. The van der Waals surface area contributed by atoms with Gasteiger partial charge in [-0.05, 0) is 54.4 Å². The fourth-order valence-corrected chi connectivity index (χ4v) is 4.31. The van der Waals surface area contributed by atoms with Crippen molar-refractivity contribution in [2.75, 3.05) is 5.32 Å². The van der Waals surface area contributed by atoms with Gasteiger partial charge in [0, 0.05) is 36.1 Å². The maximum Gasteiger partial charge on any atom is 0.224 e. The van der Waals surface area contributed by atoms with Crippen LogP contribution in [0.15, 0.2) is 24.3 Å². The van der Waals surface area contributed by atoms with Gasteiger partial charge in [0.15, 0.2) is 0 Å². The summed E-state index contributed by atoms with van der Waals surface area (Å²) in [6, 6.07) is 8.88. The van der Waals surface area contributed by atoms with Crippen molar-refractivity contribution in [1.82, 2.24) is 0 Å². The number of ether oxygens (including phenoxy) is 1. The zero-order valence-electron chi connectivity index (χ0n) is 19.9. The second-order valence-corrected chi connectivity index (χ2v) is 10.4. The maximum atomic E-state index is 12.7. The van der Waals surface area contributed by atoms with E-state index in [9.17, 15) is 4.79 Å². The molecule has 1 N–H and O–H groups in total. The predicted molar refractivity (Wildman–Crippen MR) is 126 cm³/mol. The second kappa shape index (κ2) is 8.45. The van der Waals surface area contributed by atoms with Crippen LogP contribution >= 0.6 is 0 Å². The first-order valence-electron chi connectivity index (χ1n) is 11.2. The molecule has 3 rings (SSSR count). The molecule has 0 aromatic heterocycles. The monoisotopic (exact) mass is 407 g/mol. The van der Waals surface area contributed by atoms with Crippen molar-refractivity contribution >= 4 is 11.6 Å². The van der Waals surface area contributed by atoms with Crippen LogP contribution in [0.1, 0.15) is 87.3 Å². The largest absolute Gasteiger partial charge is 0.490 e. The average Bonchev–Trinajstić information content (AvgIpc) is 3.03. The fourth-order valence-electron chi connectivity index (χ4n) is 4.31. The molecule has 0 fully saturated rings. The molecule has 1 aliphatic heterocycles. The topological polar surface area (TPSA) is 38.3 Å². The van der Waals surface area contributed by atoms with Crippen LogP contribution in [0, 0.1) is 19.3 Å². The minimum Gasteiger partial charge on any atom is -0.490 e. The number of carbonyl (C=O) groups excluding carboxylic acids is 1. The SMILES string of the molecule is Cc1c(Cc2ccc(C(C)C)cc2)c2c(c(C)c1NC(=O)CC(C)(C)C)CC(C)O2. The summed E-state index contributed by atoms with van der Waals surface area (Å²) in [5, 5.41) is 3.24. The zero-order valence-corrected chi connectivity index (χ0v) is 19.9. The van der Waals surface area contributed by atoms with Gasteiger partial charge in [-0.15, -0.1) is 0 Å². The Bertz CT molecular complexity index is 933. The molecule has 1 heterocycles. The van der Waals surface area contributed by atoms with Crippen molar-refractivity contribution in [3.8, 4) is 5.75 Å². The predicted octanol–water partition coefficient (Wildman–Crippen LogP) is 6.72. The van der Waals surface area contributed by atoms with Gasteiger partial charge in [-0.2, -0.15) is 0 Å². The molecule has 1 unspecified atom stereocenters. The van der Waals surface area contributed by atoms with E-state index in [4.69, 9.17) is 4.74 Å². The van der Waals surface area contributed by atoms with Crippen LogP contribution in [0.2, 0.25) is 0 Å². The molecule has 162 valence electrons. The number of nitrogens with one attached hydrogen (secondary N) is 1. The van der Waals surface area contributed by atoms with Crippen molar-refractivity contribution in [3.63, 3.8) is 0 Å². The van der Waals surface area contributed by atoms with Crippen LogP contribution in [0.4, 0.5) is 5.69 Å². The van der Waals surface area contributed by atoms with E-state index in [1.54, 1.807) is 0 Å². The van der Waals surface area contributed by atoms with E-state index in [2.05, 4.69) is 85.0 Å². The Morgan fingerprint density at radius 2 is 1.77 bits per heavy atom. The lowest BCUT2D eigenvalue weighted by Gasteiger charge is -2.22. The number of rotatable bonds is 5. The quantitative estimate of drug-likeness (QED) is 0.598. The van der Waals surface area contributed by atoms with E-state index in [-0.39, 0.29) is 17.4 Å². The summed E-state index contributed by atoms with van der Waals surface area (Å²) < 4.78 is 6.26. The van der Waals surface area contributed by atoms with E-state index in [1.807, 2.05) is 0 Å². The van der Waals surface area contributed by atoms with Crippen molar-refractivity contribution in [1.29, 1.82) is 0 Å². The Morgan fingerprint density at radius 3 is 2.33 bits per heavy atom. The Labute approximate surface area is 182 Å². The summed E-state index contributed by atoms with van der Waals surface area (Å²) in [7, 11) is 0. The van der Waals surface area contributed by atoms with Crippen LogP contribution < -0.4 is 10.1 Å². The Morgan fingerprint density at radius 1 is 1.13 bits per heavy atom. The number of fused-ring (bicyclic) bond motifs is 1. The number of hydrogen-bond donors (Lipinski definition) is 1. The van der Waals surface area contributed by atoms with E-state index in [1.165, 1.54) is 22.3 Å². The maximum absolute atomic E-state index is 12.7.